The average Bonchev–Trinajstić information content (AvgIpc) is 3.18. The summed E-state index contributed by atoms with van der Waals surface area (Å²) < 4.78 is 7.13. The van der Waals surface area contributed by atoms with Gasteiger partial charge >= 0.3 is 0 Å². The van der Waals surface area contributed by atoms with Crippen molar-refractivity contribution in [3.8, 4) is 11.4 Å². The van der Waals surface area contributed by atoms with Gasteiger partial charge in [-0.3, -0.25) is 9.36 Å². The van der Waals surface area contributed by atoms with Gasteiger partial charge in [0.2, 0.25) is 11.7 Å². The molecule has 6 nitrogen and oxygen atoms in total. The first kappa shape index (κ1) is 18.4. The summed E-state index contributed by atoms with van der Waals surface area (Å²) in [7, 11) is 0. The summed E-state index contributed by atoms with van der Waals surface area (Å²) in [4.78, 5) is 22.0. The topological polar surface area (TPSA) is 73.8 Å². The van der Waals surface area contributed by atoms with Crippen molar-refractivity contribution in [1.29, 1.82) is 0 Å². The summed E-state index contributed by atoms with van der Waals surface area (Å²) in [6, 6.07) is 15.4. The molecule has 142 valence electrons. The fraction of sp³-hybridized carbons (Fsp3) is 0.238. The zero-order valence-corrected chi connectivity index (χ0v) is 16.6. The van der Waals surface area contributed by atoms with Gasteiger partial charge in [-0.15, -0.1) is 0 Å². The fourth-order valence-electron chi connectivity index (χ4n) is 3.02. The summed E-state index contributed by atoms with van der Waals surface area (Å²) in [6.07, 6.45) is 0.853. The Morgan fingerprint density at radius 2 is 1.96 bits per heavy atom. The molecule has 0 N–H and O–H groups in total. The summed E-state index contributed by atoms with van der Waals surface area (Å²) in [5, 5.41) is 5.38. The van der Waals surface area contributed by atoms with Crippen molar-refractivity contribution in [2.24, 2.45) is 0 Å². The minimum Gasteiger partial charge on any atom is -0.338 e. The van der Waals surface area contributed by atoms with Gasteiger partial charge in [0.25, 0.3) is 5.56 Å². The van der Waals surface area contributed by atoms with Crippen LogP contribution in [-0.4, -0.2) is 19.7 Å². The van der Waals surface area contributed by atoms with Gasteiger partial charge in [-0.1, -0.05) is 59.7 Å². The summed E-state index contributed by atoms with van der Waals surface area (Å²) in [5.74, 6) is 1.52. The maximum Gasteiger partial charge on any atom is 0.262 e. The predicted octanol–water partition coefficient (Wildman–Crippen LogP) is 4.46. The van der Waals surface area contributed by atoms with Crippen molar-refractivity contribution in [3.05, 3.63) is 70.3 Å². The highest BCUT2D eigenvalue weighted by molar-refractivity contribution is 7.98. The van der Waals surface area contributed by atoms with E-state index in [1.807, 2.05) is 62.4 Å². The molecule has 7 heteroatoms. The molecule has 0 amide bonds. The van der Waals surface area contributed by atoms with Crippen molar-refractivity contribution >= 4 is 22.7 Å². The normalized spacial score (nSPS) is 11.2. The number of hydrogen-bond donors (Lipinski definition) is 0. The quantitative estimate of drug-likeness (QED) is 0.356. The second-order valence-corrected chi connectivity index (χ2v) is 7.48. The first-order chi connectivity index (χ1) is 13.7. The molecule has 0 bridgehead atoms. The molecular formula is C21H20N4O2S. The second kappa shape index (κ2) is 7.98. The van der Waals surface area contributed by atoms with Crippen LogP contribution in [0.5, 0.6) is 0 Å². The maximum absolute atomic E-state index is 12.8. The molecule has 0 unspecified atom stereocenters. The van der Waals surface area contributed by atoms with Crippen LogP contribution in [0.25, 0.3) is 22.3 Å². The van der Waals surface area contributed by atoms with Gasteiger partial charge in [0.1, 0.15) is 0 Å². The lowest BCUT2D eigenvalue weighted by molar-refractivity contribution is 0.391. The summed E-state index contributed by atoms with van der Waals surface area (Å²) in [5.41, 5.74) is 2.75. The molecule has 4 aromatic rings. The lowest BCUT2D eigenvalue weighted by Crippen LogP contribution is -2.23. The molecule has 0 spiro atoms. The van der Waals surface area contributed by atoms with E-state index in [1.54, 1.807) is 4.57 Å². The molecule has 0 saturated heterocycles. The monoisotopic (exact) mass is 392 g/mol. The Balaban J connectivity index is 1.61. The number of rotatable bonds is 6. The Hall–Kier alpha value is -2.93. The second-order valence-electron chi connectivity index (χ2n) is 6.54. The van der Waals surface area contributed by atoms with Crippen LogP contribution in [-0.2, 0) is 12.3 Å². The Morgan fingerprint density at radius 1 is 1.11 bits per heavy atom. The SMILES string of the molecule is CCCn1c(SCc2nc(-c3cccc(C)c3)no2)nc2ccccc2c1=O. The molecule has 0 atom stereocenters. The first-order valence-corrected chi connectivity index (χ1v) is 10.2. The van der Waals surface area contributed by atoms with Gasteiger partial charge in [0.15, 0.2) is 5.16 Å². The van der Waals surface area contributed by atoms with E-state index < -0.39 is 0 Å². The van der Waals surface area contributed by atoms with E-state index >= 15 is 0 Å². The van der Waals surface area contributed by atoms with E-state index in [0.29, 0.717) is 40.1 Å². The van der Waals surface area contributed by atoms with Crippen molar-refractivity contribution in [2.45, 2.75) is 37.7 Å². The largest absolute Gasteiger partial charge is 0.338 e. The highest BCUT2D eigenvalue weighted by atomic mass is 32.2. The molecule has 2 aromatic carbocycles. The summed E-state index contributed by atoms with van der Waals surface area (Å²) >= 11 is 1.44. The molecule has 2 aromatic heterocycles. The number of nitrogens with zero attached hydrogens (tertiary/aromatic N) is 4. The smallest absolute Gasteiger partial charge is 0.262 e. The van der Waals surface area contributed by atoms with E-state index in [9.17, 15) is 4.79 Å². The van der Waals surface area contributed by atoms with E-state index in [-0.39, 0.29) is 5.56 Å². The van der Waals surface area contributed by atoms with Gasteiger partial charge in [-0.05, 0) is 31.5 Å². The van der Waals surface area contributed by atoms with Gasteiger partial charge < -0.3 is 4.52 Å². The molecule has 0 aliphatic heterocycles. The molecule has 2 heterocycles. The molecular weight excluding hydrogens is 372 g/mol. The number of aryl methyl sites for hydroxylation is 1. The molecule has 0 fully saturated rings. The van der Waals surface area contributed by atoms with E-state index in [1.165, 1.54) is 11.8 Å². The number of benzene rings is 2. The Bertz CT molecular complexity index is 1180. The molecule has 0 aliphatic carbocycles. The predicted molar refractivity (Wildman–Crippen MR) is 110 cm³/mol. The van der Waals surface area contributed by atoms with Crippen LogP contribution in [0.4, 0.5) is 0 Å². The number of aromatic nitrogens is 4. The van der Waals surface area contributed by atoms with Crippen molar-refractivity contribution in [2.75, 3.05) is 0 Å². The van der Waals surface area contributed by atoms with Gasteiger partial charge in [-0.2, -0.15) is 4.98 Å². The maximum atomic E-state index is 12.8. The van der Waals surface area contributed by atoms with Crippen LogP contribution in [0.1, 0.15) is 24.8 Å². The highest BCUT2D eigenvalue weighted by Crippen LogP contribution is 2.24. The fourth-order valence-corrected chi connectivity index (χ4v) is 3.88. The third-order valence-electron chi connectivity index (χ3n) is 4.34. The minimum absolute atomic E-state index is 0.0130. The number of thioether (sulfide) groups is 1. The third kappa shape index (κ3) is 3.71. The van der Waals surface area contributed by atoms with Crippen LogP contribution < -0.4 is 5.56 Å². The first-order valence-electron chi connectivity index (χ1n) is 9.17. The van der Waals surface area contributed by atoms with Crippen molar-refractivity contribution < 1.29 is 4.52 Å². The van der Waals surface area contributed by atoms with Crippen LogP contribution in [0, 0.1) is 6.92 Å². The Kier molecular flexibility index (Phi) is 5.25. The van der Waals surface area contributed by atoms with Crippen LogP contribution in [0.3, 0.4) is 0 Å². The van der Waals surface area contributed by atoms with Gasteiger partial charge in [0, 0.05) is 12.1 Å². The van der Waals surface area contributed by atoms with E-state index in [2.05, 4.69) is 15.1 Å². The van der Waals surface area contributed by atoms with Crippen LogP contribution in [0.15, 0.2) is 63.0 Å². The molecule has 0 aliphatic rings. The summed E-state index contributed by atoms with van der Waals surface area (Å²) in [6.45, 7) is 4.69. The minimum atomic E-state index is -0.0130. The average molecular weight is 392 g/mol. The highest BCUT2D eigenvalue weighted by Gasteiger charge is 2.14. The standard InChI is InChI=1S/C21H20N4O2S/c1-3-11-25-20(26)16-9-4-5-10-17(16)22-21(25)28-13-18-23-19(24-27-18)15-8-6-7-14(2)12-15/h4-10,12H,3,11,13H2,1-2H3. The Morgan fingerprint density at radius 3 is 2.79 bits per heavy atom. The van der Waals surface area contributed by atoms with E-state index in [4.69, 9.17) is 4.52 Å². The zero-order valence-electron chi connectivity index (χ0n) is 15.8. The molecule has 4 rings (SSSR count). The van der Waals surface area contributed by atoms with Crippen LogP contribution >= 0.6 is 11.8 Å². The van der Waals surface area contributed by atoms with Crippen molar-refractivity contribution in [1.82, 2.24) is 19.7 Å². The lowest BCUT2D eigenvalue weighted by atomic mass is 10.1. The number of para-hydroxylation sites is 1. The molecule has 0 radical (unpaired) electrons. The zero-order chi connectivity index (χ0) is 19.5. The molecule has 0 saturated carbocycles. The molecule has 28 heavy (non-hydrogen) atoms. The van der Waals surface area contributed by atoms with E-state index in [0.717, 1.165) is 17.5 Å². The van der Waals surface area contributed by atoms with Crippen LogP contribution in [0.2, 0.25) is 0 Å². The van der Waals surface area contributed by atoms with Gasteiger partial charge in [0.05, 0.1) is 16.7 Å². The van der Waals surface area contributed by atoms with Gasteiger partial charge in [-0.25, -0.2) is 4.98 Å². The number of hydrogen-bond acceptors (Lipinski definition) is 6. The lowest BCUT2D eigenvalue weighted by Gasteiger charge is -2.11. The Labute approximate surface area is 166 Å². The number of fused-ring (bicyclic) bond motifs is 1. The third-order valence-corrected chi connectivity index (χ3v) is 5.30. The van der Waals surface area contributed by atoms with Crippen molar-refractivity contribution in [3.63, 3.8) is 0 Å².